The van der Waals surface area contributed by atoms with Crippen molar-refractivity contribution in [3.05, 3.63) is 76.9 Å². The van der Waals surface area contributed by atoms with Crippen LogP contribution in [-0.4, -0.2) is 41.2 Å². The van der Waals surface area contributed by atoms with E-state index in [-0.39, 0.29) is 18.5 Å². The zero-order chi connectivity index (χ0) is 23.4. The van der Waals surface area contributed by atoms with E-state index in [1.165, 1.54) is 29.2 Å². The third-order valence-electron chi connectivity index (χ3n) is 5.97. The molecule has 170 valence electrons. The SMILES string of the molecule is NC(=O)Cn1c(=O)n([C@@H]2CCOc3ccccc32)c2nc(-n3cnc4ccc(F)cc43)ncc21. The average molecular weight is 459 g/mol. The highest BCUT2D eigenvalue weighted by atomic mass is 19.1. The molecule has 1 atom stereocenters. The van der Waals surface area contributed by atoms with Crippen LogP contribution >= 0.6 is 0 Å². The van der Waals surface area contributed by atoms with E-state index in [4.69, 9.17) is 10.5 Å². The molecule has 1 amide bonds. The number of carbonyl (C=O) groups excluding carboxylic acids is 1. The molecule has 2 N–H and O–H groups in total. The second kappa shape index (κ2) is 7.51. The highest BCUT2D eigenvalue weighted by molar-refractivity contribution is 5.79. The molecule has 0 radical (unpaired) electrons. The summed E-state index contributed by atoms with van der Waals surface area (Å²) in [5.74, 6) is -0.176. The number of imidazole rings is 2. The molecular formula is C23H18FN7O3. The average Bonchev–Trinajstić information content (AvgIpc) is 3.36. The van der Waals surface area contributed by atoms with Crippen molar-refractivity contribution in [2.75, 3.05) is 6.61 Å². The van der Waals surface area contributed by atoms with Crippen molar-refractivity contribution >= 4 is 28.1 Å². The van der Waals surface area contributed by atoms with Crippen molar-refractivity contribution in [3.63, 3.8) is 0 Å². The fourth-order valence-electron chi connectivity index (χ4n) is 4.49. The summed E-state index contributed by atoms with van der Waals surface area (Å²) in [7, 11) is 0. The van der Waals surface area contributed by atoms with Crippen LogP contribution in [0.3, 0.4) is 0 Å². The van der Waals surface area contributed by atoms with Gasteiger partial charge < -0.3 is 10.5 Å². The maximum absolute atomic E-state index is 13.9. The van der Waals surface area contributed by atoms with Gasteiger partial charge in [-0.3, -0.25) is 18.5 Å². The summed E-state index contributed by atoms with van der Waals surface area (Å²) in [6.07, 6.45) is 3.50. The Balaban J connectivity index is 1.61. The molecule has 10 nitrogen and oxygen atoms in total. The number of rotatable bonds is 4. The first-order valence-electron chi connectivity index (χ1n) is 10.6. The molecule has 6 rings (SSSR count). The van der Waals surface area contributed by atoms with Crippen molar-refractivity contribution in [1.29, 1.82) is 0 Å². The van der Waals surface area contributed by atoms with Gasteiger partial charge in [-0.15, -0.1) is 0 Å². The number of aromatic nitrogens is 6. The Morgan fingerprint density at radius 1 is 1.18 bits per heavy atom. The van der Waals surface area contributed by atoms with Gasteiger partial charge in [0, 0.05) is 18.1 Å². The maximum Gasteiger partial charge on any atom is 0.331 e. The summed E-state index contributed by atoms with van der Waals surface area (Å²) < 4.78 is 24.0. The predicted molar refractivity (Wildman–Crippen MR) is 120 cm³/mol. The van der Waals surface area contributed by atoms with Crippen LogP contribution in [0.15, 0.2) is 59.8 Å². The number of hydrogen-bond acceptors (Lipinski definition) is 6. The summed E-state index contributed by atoms with van der Waals surface area (Å²) in [5.41, 5.74) is 7.59. The van der Waals surface area contributed by atoms with Crippen LogP contribution in [-0.2, 0) is 11.3 Å². The van der Waals surface area contributed by atoms with Gasteiger partial charge in [0.25, 0.3) is 0 Å². The Labute approximate surface area is 191 Å². The minimum absolute atomic E-state index is 0.214. The first-order chi connectivity index (χ1) is 16.5. The van der Waals surface area contributed by atoms with E-state index in [0.717, 1.165) is 5.56 Å². The molecular weight excluding hydrogens is 441 g/mol. The number of ether oxygens (including phenoxy) is 1. The quantitative estimate of drug-likeness (QED) is 0.438. The first kappa shape index (κ1) is 20.1. The van der Waals surface area contributed by atoms with Crippen LogP contribution in [0.25, 0.3) is 28.1 Å². The van der Waals surface area contributed by atoms with E-state index >= 15 is 0 Å². The van der Waals surface area contributed by atoms with E-state index < -0.39 is 17.4 Å². The van der Waals surface area contributed by atoms with Crippen LogP contribution in [0.5, 0.6) is 5.75 Å². The number of para-hydroxylation sites is 1. The van der Waals surface area contributed by atoms with Crippen LogP contribution < -0.4 is 16.2 Å². The van der Waals surface area contributed by atoms with E-state index in [1.54, 1.807) is 15.2 Å². The van der Waals surface area contributed by atoms with Crippen LogP contribution in [0.1, 0.15) is 18.0 Å². The molecule has 0 spiro atoms. The monoisotopic (exact) mass is 459 g/mol. The summed E-state index contributed by atoms with van der Waals surface area (Å²) in [6.45, 7) is 0.106. The fraction of sp³-hybridized carbons (Fsp3) is 0.174. The number of nitrogens with zero attached hydrogens (tertiary/aromatic N) is 6. The van der Waals surface area contributed by atoms with Crippen molar-refractivity contribution in [3.8, 4) is 11.7 Å². The molecule has 1 aliphatic rings. The van der Waals surface area contributed by atoms with Crippen molar-refractivity contribution in [1.82, 2.24) is 28.7 Å². The lowest BCUT2D eigenvalue weighted by Gasteiger charge is -2.26. The lowest BCUT2D eigenvalue weighted by atomic mass is 10.0. The molecule has 2 aromatic carbocycles. The van der Waals surface area contributed by atoms with Crippen molar-refractivity contribution < 1.29 is 13.9 Å². The Morgan fingerprint density at radius 2 is 2.03 bits per heavy atom. The molecule has 0 aliphatic carbocycles. The second-order valence-electron chi connectivity index (χ2n) is 8.02. The topological polar surface area (TPSA) is 123 Å². The minimum atomic E-state index is -0.659. The Morgan fingerprint density at radius 3 is 2.88 bits per heavy atom. The Hall–Kier alpha value is -4.54. The van der Waals surface area contributed by atoms with Gasteiger partial charge in [-0.25, -0.2) is 19.2 Å². The number of amides is 1. The predicted octanol–water partition coefficient (Wildman–Crippen LogP) is 1.93. The molecule has 11 heteroatoms. The number of benzene rings is 2. The van der Waals surface area contributed by atoms with E-state index in [2.05, 4.69) is 15.0 Å². The van der Waals surface area contributed by atoms with E-state index in [9.17, 15) is 14.0 Å². The van der Waals surface area contributed by atoms with Crippen molar-refractivity contribution in [2.45, 2.75) is 19.0 Å². The zero-order valence-electron chi connectivity index (χ0n) is 17.8. The van der Waals surface area contributed by atoms with Crippen LogP contribution in [0.2, 0.25) is 0 Å². The summed E-state index contributed by atoms with van der Waals surface area (Å²) in [6, 6.07) is 11.4. The Kier molecular flexibility index (Phi) is 4.44. The molecule has 4 heterocycles. The molecule has 5 aromatic rings. The van der Waals surface area contributed by atoms with Gasteiger partial charge in [-0.2, -0.15) is 4.98 Å². The number of fused-ring (bicyclic) bond motifs is 3. The van der Waals surface area contributed by atoms with Gasteiger partial charge >= 0.3 is 5.69 Å². The first-order valence-corrected chi connectivity index (χ1v) is 10.6. The molecule has 34 heavy (non-hydrogen) atoms. The standard InChI is InChI=1S/C23H18FN7O3/c24-13-5-6-15-17(9-13)30(12-27-15)22-26-10-18-21(28-22)31(23(33)29(18)11-20(25)32)16-7-8-34-19-4-2-1-3-14(16)19/h1-6,9-10,12,16H,7-8,11H2,(H2,25,32)/t16-/m1/s1. The Bertz CT molecular complexity index is 1650. The number of halogens is 1. The molecule has 3 aromatic heterocycles. The van der Waals surface area contributed by atoms with Gasteiger partial charge in [-0.1, -0.05) is 18.2 Å². The maximum atomic E-state index is 13.9. The number of primary amides is 1. The second-order valence-corrected chi connectivity index (χ2v) is 8.02. The lowest BCUT2D eigenvalue weighted by molar-refractivity contribution is -0.118. The minimum Gasteiger partial charge on any atom is -0.493 e. The molecule has 1 aliphatic heterocycles. The highest BCUT2D eigenvalue weighted by Gasteiger charge is 2.29. The van der Waals surface area contributed by atoms with Crippen molar-refractivity contribution in [2.24, 2.45) is 5.73 Å². The molecule has 0 unspecified atom stereocenters. The molecule has 0 bridgehead atoms. The molecule has 0 fully saturated rings. The van der Waals surface area contributed by atoms with E-state index in [1.807, 2.05) is 24.3 Å². The summed E-state index contributed by atoms with van der Waals surface area (Å²) >= 11 is 0. The third-order valence-corrected chi connectivity index (χ3v) is 5.97. The van der Waals surface area contributed by atoms with Gasteiger partial charge in [0.2, 0.25) is 11.9 Å². The normalized spacial score (nSPS) is 15.4. The fourth-order valence-corrected chi connectivity index (χ4v) is 4.49. The van der Waals surface area contributed by atoms with Gasteiger partial charge in [-0.05, 0) is 18.2 Å². The zero-order valence-corrected chi connectivity index (χ0v) is 17.8. The van der Waals surface area contributed by atoms with Gasteiger partial charge in [0.15, 0.2) is 5.65 Å². The summed E-state index contributed by atoms with van der Waals surface area (Å²) in [4.78, 5) is 38.6. The van der Waals surface area contributed by atoms with Gasteiger partial charge in [0.1, 0.15) is 30.0 Å². The number of hydrogen-bond donors (Lipinski definition) is 1. The molecule has 0 saturated heterocycles. The smallest absolute Gasteiger partial charge is 0.331 e. The number of nitrogens with two attached hydrogens (primary N) is 1. The van der Waals surface area contributed by atoms with E-state index in [0.29, 0.717) is 41.0 Å². The van der Waals surface area contributed by atoms with Crippen LogP contribution in [0, 0.1) is 5.82 Å². The highest BCUT2D eigenvalue weighted by Crippen LogP contribution is 2.35. The molecule has 0 saturated carbocycles. The third kappa shape index (κ3) is 3.04. The number of carbonyl (C=O) groups is 1. The largest absolute Gasteiger partial charge is 0.493 e. The lowest BCUT2D eigenvalue weighted by Crippen LogP contribution is -2.33. The van der Waals surface area contributed by atoms with Crippen LogP contribution in [0.4, 0.5) is 4.39 Å². The summed E-state index contributed by atoms with van der Waals surface area (Å²) in [5, 5.41) is 0. The van der Waals surface area contributed by atoms with Gasteiger partial charge in [0.05, 0.1) is 29.9 Å².